The van der Waals surface area contributed by atoms with Crippen LogP contribution in [0.5, 0.6) is 0 Å². The summed E-state index contributed by atoms with van der Waals surface area (Å²) >= 11 is 0. The molecular formula is C11H18N2O. The molecule has 2 N–H and O–H groups in total. The van der Waals surface area contributed by atoms with Crippen LogP contribution in [-0.2, 0) is 5.60 Å². The van der Waals surface area contributed by atoms with E-state index in [1.54, 1.807) is 0 Å². The van der Waals surface area contributed by atoms with Gasteiger partial charge in [0.05, 0.1) is 0 Å². The van der Waals surface area contributed by atoms with Gasteiger partial charge in [-0.3, -0.25) is 0 Å². The zero-order valence-corrected chi connectivity index (χ0v) is 8.83. The zero-order valence-electron chi connectivity index (χ0n) is 8.83. The van der Waals surface area contributed by atoms with E-state index in [1.807, 2.05) is 18.3 Å². The standard InChI is InChI=1S/C11H18N2O/c1-9-8-11(14,5-7-13(9)2)10-4-3-6-12-10/h3-4,6,9,12,14H,5,7-8H2,1-2H3. The molecule has 0 aromatic carbocycles. The minimum Gasteiger partial charge on any atom is -0.384 e. The summed E-state index contributed by atoms with van der Waals surface area (Å²) < 4.78 is 0. The number of aliphatic hydroxyl groups is 1. The molecule has 1 fully saturated rings. The molecule has 2 unspecified atom stereocenters. The van der Waals surface area contributed by atoms with Crippen LogP contribution in [0, 0.1) is 0 Å². The highest BCUT2D eigenvalue weighted by molar-refractivity contribution is 5.15. The first kappa shape index (κ1) is 9.74. The van der Waals surface area contributed by atoms with Gasteiger partial charge in [0.2, 0.25) is 0 Å². The Bertz CT molecular complexity index is 296. The Hall–Kier alpha value is -0.800. The molecule has 0 radical (unpaired) electrons. The lowest BCUT2D eigenvalue weighted by molar-refractivity contribution is -0.0436. The SMILES string of the molecule is CC1CC(O)(c2ccc[nH]2)CCN1C. The molecule has 2 heterocycles. The van der Waals surface area contributed by atoms with Crippen LogP contribution in [0.25, 0.3) is 0 Å². The molecule has 14 heavy (non-hydrogen) atoms. The second-order valence-corrected chi connectivity index (χ2v) is 4.40. The van der Waals surface area contributed by atoms with E-state index in [1.165, 1.54) is 0 Å². The van der Waals surface area contributed by atoms with Crippen molar-refractivity contribution in [1.82, 2.24) is 9.88 Å². The number of aromatic amines is 1. The van der Waals surface area contributed by atoms with Gasteiger partial charge in [0, 0.05) is 24.5 Å². The van der Waals surface area contributed by atoms with E-state index in [0.717, 1.165) is 25.1 Å². The molecule has 1 aromatic heterocycles. The smallest absolute Gasteiger partial charge is 0.107 e. The first-order chi connectivity index (χ1) is 6.62. The first-order valence-corrected chi connectivity index (χ1v) is 5.18. The maximum atomic E-state index is 10.5. The highest BCUT2D eigenvalue weighted by Crippen LogP contribution is 2.33. The second-order valence-electron chi connectivity index (χ2n) is 4.40. The largest absolute Gasteiger partial charge is 0.384 e. The van der Waals surface area contributed by atoms with Crippen molar-refractivity contribution in [1.29, 1.82) is 0 Å². The van der Waals surface area contributed by atoms with Crippen LogP contribution in [0.3, 0.4) is 0 Å². The van der Waals surface area contributed by atoms with E-state index in [4.69, 9.17) is 0 Å². The predicted octanol–water partition coefficient (Wildman–Crippen LogP) is 1.32. The topological polar surface area (TPSA) is 39.3 Å². The predicted molar refractivity (Wildman–Crippen MR) is 56.0 cm³/mol. The van der Waals surface area contributed by atoms with Crippen molar-refractivity contribution in [3.8, 4) is 0 Å². The minimum atomic E-state index is -0.643. The summed E-state index contributed by atoms with van der Waals surface area (Å²) in [6.07, 6.45) is 3.49. The highest BCUT2D eigenvalue weighted by atomic mass is 16.3. The number of nitrogens with one attached hydrogen (secondary N) is 1. The number of hydrogen-bond acceptors (Lipinski definition) is 2. The van der Waals surface area contributed by atoms with E-state index in [9.17, 15) is 5.11 Å². The highest BCUT2D eigenvalue weighted by Gasteiger charge is 2.37. The summed E-state index contributed by atoms with van der Waals surface area (Å²) in [5, 5.41) is 10.5. The second kappa shape index (κ2) is 3.41. The first-order valence-electron chi connectivity index (χ1n) is 5.18. The van der Waals surface area contributed by atoms with Gasteiger partial charge >= 0.3 is 0 Å². The molecule has 2 atom stereocenters. The van der Waals surface area contributed by atoms with E-state index in [2.05, 4.69) is 23.9 Å². The van der Waals surface area contributed by atoms with Gasteiger partial charge in [-0.2, -0.15) is 0 Å². The summed E-state index contributed by atoms with van der Waals surface area (Å²) in [6.45, 7) is 3.11. The molecule has 1 aliphatic heterocycles. The van der Waals surface area contributed by atoms with Crippen molar-refractivity contribution in [2.75, 3.05) is 13.6 Å². The molecule has 1 aromatic rings. The fourth-order valence-corrected chi connectivity index (χ4v) is 2.19. The number of piperidine rings is 1. The minimum absolute atomic E-state index is 0.442. The number of H-pyrrole nitrogens is 1. The van der Waals surface area contributed by atoms with E-state index < -0.39 is 5.60 Å². The molecule has 1 saturated heterocycles. The van der Waals surface area contributed by atoms with Gasteiger partial charge in [0.1, 0.15) is 5.60 Å². The van der Waals surface area contributed by atoms with Crippen molar-refractivity contribution in [2.45, 2.75) is 31.4 Å². The maximum absolute atomic E-state index is 10.5. The normalized spacial score (nSPS) is 34.6. The Morgan fingerprint density at radius 2 is 2.43 bits per heavy atom. The van der Waals surface area contributed by atoms with Crippen LogP contribution in [0.1, 0.15) is 25.5 Å². The molecule has 3 nitrogen and oxygen atoms in total. The molecule has 78 valence electrons. The Labute approximate surface area is 84.7 Å². The van der Waals surface area contributed by atoms with E-state index >= 15 is 0 Å². The lowest BCUT2D eigenvalue weighted by atomic mass is 9.85. The van der Waals surface area contributed by atoms with Crippen LogP contribution >= 0.6 is 0 Å². The Morgan fingerprint density at radius 1 is 1.64 bits per heavy atom. The van der Waals surface area contributed by atoms with Gasteiger partial charge in [-0.15, -0.1) is 0 Å². The van der Waals surface area contributed by atoms with Gasteiger partial charge in [-0.1, -0.05) is 0 Å². The summed E-state index contributed by atoms with van der Waals surface area (Å²) in [4.78, 5) is 5.40. The number of rotatable bonds is 1. The third kappa shape index (κ3) is 1.57. The number of aromatic nitrogens is 1. The average molecular weight is 194 g/mol. The summed E-state index contributed by atoms with van der Waals surface area (Å²) in [7, 11) is 2.11. The lowest BCUT2D eigenvalue weighted by Crippen LogP contribution is -2.46. The van der Waals surface area contributed by atoms with Crippen LogP contribution in [0.15, 0.2) is 18.3 Å². The van der Waals surface area contributed by atoms with E-state index in [0.29, 0.717) is 6.04 Å². The molecule has 1 aliphatic rings. The summed E-state index contributed by atoms with van der Waals surface area (Å²) in [6, 6.07) is 4.35. The van der Waals surface area contributed by atoms with Crippen molar-refractivity contribution in [3.63, 3.8) is 0 Å². The zero-order chi connectivity index (χ0) is 10.2. The molecule has 0 aliphatic carbocycles. The summed E-state index contributed by atoms with van der Waals surface area (Å²) in [5.41, 5.74) is 0.313. The molecule has 0 amide bonds. The Morgan fingerprint density at radius 3 is 3.00 bits per heavy atom. The van der Waals surface area contributed by atoms with Gasteiger partial charge in [0.15, 0.2) is 0 Å². The van der Waals surface area contributed by atoms with Crippen LogP contribution in [-0.4, -0.2) is 34.6 Å². The molecule has 0 bridgehead atoms. The monoisotopic (exact) mass is 194 g/mol. The van der Waals surface area contributed by atoms with Gasteiger partial charge in [0.25, 0.3) is 0 Å². The Kier molecular flexibility index (Phi) is 2.37. The van der Waals surface area contributed by atoms with Crippen molar-refractivity contribution in [3.05, 3.63) is 24.0 Å². The van der Waals surface area contributed by atoms with Crippen molar-refractivity contribution < 1.29 is 5.11 Å². The fourth-order valence-electron chi connectivity index (χ4n) is 2.19. The summed E-state index contributed by atoms with van der Waals surface area (Å²) in [5.74, 6) is 0. The third-order valence-electron chi connectivity index (χ3n) is 3.36. The van der Waals surface area contributed by atoms with Gasteiger partial charge in [-0.25, -0.2) is 0 Å². The number of nitrogens with zero attached hydrogens (tertiary/aromatic N) is 1. The maximum Gasteiger partial charge on any atom is 0.107 e. The number of likely N-dealkylation sites (tertiary alicyclic amines) is 1. The van der Waals surface area contributed by atoms with Crippen LogP contribution in [0.4, 0.5) is 0 Å². The average Bonchev–Trinajstić information content (AvgIpc) is 2.65. The van der Waals surface area contributed by atoms with Crippen molar-refractivity contribution >= 4 is 0 Å². The lowest BCUT2D eigenvalue weighted by Gasteiger charge is -2.40. The molecule has 0 saturated carbocycles. The van der Waals surface area contributed by atoms with E-state index in [-0.39, 0.29) is 0 Å². The molecular weight excluding hydrogens is 176 g/mol. The molecule has 3 heteroatoms. The van der Waals surface area contributed by atoms with Crippen LogP contribution < -0.4 is 0 Å². The molecule has 0 spiro atoms. The van der Waals surface area contributed by atoms with Crippen LogP contribution in [0.2, 0.25) is 0 Å². The quantitative estimate of drug-likeness (QED) is 0.707. The van der Waals surface area contributed by atoms with Gasteiger partial charge in [-0.05, 0) is 38.9 Å². The Balaban J connectivity index is 2.18. The van der Waals surface area contributed by atoms with Crippen molar-refractivity contribution in [2.24, 2.45) is 0 Å². The fraction of sp³-hybridized carbons (Fsp3) is 0.636. The number of hydrogen-bond donors (Lipinski definition) is 2. The third-order valence-corrected chi connectivity index (χ3v) is 3.36. The van der Waals surface area contributed by atoms with Gasteiger partial charge < -0.3 is 15.0 Å². The molecule has 2 rings (SSSR count).